The summed E-state index contributed by atoms with van der Waals surface area (Å²) in [6.07, 6.45) is 0. The summed E-state index contributed by atoms with van der Waals surface area (Å²) in [6, 6.07) is 22.5. The van der Waals surface area contributed by atoms with E-state index in [1.165, 1.54) is 5.69 Å². The number of aryl methyl sites for hydroxylation is 1. The average Bonchev–Trinajstić information content (AvgIpc) is 2.82. The van der Waals surface area contributed by atoms with Gasteiger partial charge in [-0.05, 0) is 37.3 Å². The van der Waals surface area contributed by atoms with E-state index in [2.05, 4.69) is 41.8 Å². The standard InChI is InChI=1S/C17H14ClN/c1-13-11-12-17(15-9-5-6-10-16(15)18)19(13)14-7-3-2-4-8-14/h2-12H,1H3. The number of nitrogens with zero attached hydrogens (tertiary/aromatic N) is 1. The zero-order valence-electron chi connectivity index (χ0n) is 10.7. The van der Waals surface area contributed by atoms with Gasteiger partial charge in [-0.1, -0.05) is 48.0 Å². The maximum absolute atomic E-state index is 6.31. The smallest absolute Gasteiger partial charge is 0.0546 e. The monoisotopic (exact) mass is 267 g/mol. The molecule has 19 heavy (non-hydrogen) atoms. The minimum atomic E-state index is 0.776. The van der Waals surface area contributed by atoms with Crippen molar-refractivity contribution in [3.63, 3.8) is 0 Å². The van der Waals surface area contributed by atoms with Gasteiger partial charge in [0.2, 0.25) is 0 Å². The first-order chi connectivity index (χ1) is 9.27. The van der Waals surface area contributed by atoms with Gasteiger partial charge in [-0.2, -0.15) is 0 Å². The number of hydrogen-bond donors (Lipinski definition) is 0. The van der Waals surface area contributed by atoms with E-state index in [0.29, 0.717) is 0 Å². The van der Waals surface area contributed by atoms with Crippen LogP contribution in [0.5, 0.6) is 0 Å². The average molecular weight is 268 g/mol. The predicted octanol–water partition coefficient (Wildman–Crippen LogP) is 5.11. The van der Waals surface area contributed by atoms with Crippen molar-refractivity contribution in [2.24, 2.45) is 0 Å². The molecule has 2 aromatic carbocycles. The number of halogens is 1. The van der Waals surface area contributed by atoms with Crippen molar-refractivity contribution in [1.29, 1.82) is 0 Å². The number of hydrogen-bond acceptors (Lipinski definition) is 0. The molecule has 0 spiro atoms. The molecule has 1 aromatic heterocycles. The van der Waals surface area contributed by atoms with Crippen molar-refractivity contribution >= 4 is 11.6 Å². The molecule has 0 atom stereocenters. The minimum Gasteiger partial charge on any atom is -0.314 e. The molecule has 1 nitrogen and oxygen atoms in total. The Bertz CT molecular complexity index is 698. The lowest BCUT2D eigenvalue weighted by atomic mass is 10.1. The summed E-state index contributed by atoms with van der Waals surface area (Å²) in [4.78, 5) is 0. The highest BCUT2D eigenvalue weighted by atomic mass is 35.5. The van der Waals surface area contributed by atoms with Gasteiger partial charge in [-0.3, -0.25) is 0 Å². The first kappa shape index (κ1) is 12.1. The molecule has 0 radical (unpaired) electrons. The van der Waals surface area contributed by atoms with Gasteiger partial charge in [0.1, 0.15) is 0 Å². The third kappa shape index (κ3) is 2.18. The van der Waals surface area contributed by atoms with E-state index in [9.17, 15) is 0 Å². The van der Waals surface area contributed by atoms with Gasteiger partial charge >= 0.3 is 0 Å². The maximum Gasteiger partial charge on any atom is 0.0546 e. The molecule has 94 valence electrons. The summed E-state index contributed by atoms with van der Waals surface area (Å²) in [5, 5.41) is 0.776. The van der Waals surface area contributed by atoms with Crippen LogP contribution in [0.2, 0.25) is 5.02 Å². The molecule has 0 fully saturated rings. The first-order valence-electron chi connectivity index (χ1n) is 6.26. The largest absolute Gasteiger partial charge is 0.314 e. The molecule has 0 aliphatic heterocycles. The second-order valence-corrected chi connectivity index (χ2v) is 4.92. The molecule has 3 aromatic rings. The molecule has 0 unspecified atom stereocenters. The number of benzene rings is 2. The molecule has 2 heteroatoms. The minimum absolute atomic E-state index is 0.776. The van der Waals surface area contributed by atoms with E-state index in [1.54, 1.807) is 0 Å². The van der Waals surface area contributed by atoms with E-state index in [0.717, 1.165) is 22.0 Å². The van der Waals surface area contributed by atoms with Crippen molar-refractivity contribution in [3.05, 3.63) is 77.4 Å². The van der Waals surface area contributed by atoms with Crippen LogP contribution in [0.25, 0.3) is 16.9 Å². The fraction of sp³-hybridized carbons (Fsp3) is 0.0588. The van der Waals surface area contributed by atoms with Gasteiger partial charge in [-0.15, -0.1) is 0 Å². The van der Waals surface area contributed by atoms with E-state index < -0.39 is 0 Å². The molecule has 0 aliphatic rings. The molecular weight excluding hydrogens is 254 g/mol. The third-order valence-electron chi connectivity index (χ3n) is 3.24. The van der Waals surface area contributed by atoms with Crippen LogP contribution in [0.3, 0.4) is 0 Å². The van der Waals surface area contributed by atoms with E-state index in [-0.39, 0.29) is 0 Å². The number of aromatic nitrogens is 1. The topological polar surface area (TPSA) is 4.93 Å². The Labute approximate surface area is 118 Å². The SMILES string of the molecule is Cc1ccc(-c2ccccc2Cl)n1-c1ccccc1. The van der Waals surface area contributed by atoms with Crippen LogP contribution in [0.4, 0.5) is 0 Å². The second-order valence-electron chi connectivity index (χ2n) is 4.51. The molecule has 3 rings (SSSR count). The molecule has 0 saturated carbocycles. The lowest BCUT2D eigenvalue weighted by Crippen LogP contribution is -1.98. The van der Waals surface area contributed by atoms with Gasteiger partial charge in [0.05, 0.1) is 5.69 Å². The van der Waals surface area contributed by atoms with Crippen LogP contribution >= 0.6 is 11.6 Å². The number of para-hydroxylation sites is 1. The van der Waals surface area contributed by atoms with Crippen molar-refractivity contribution < 1.29 is 0 Å². The maximum atomic E-state index is 6.31. The van der Waals surface area contributed by atoms with Gasteiger partial charge < -0.3 is 4.57 Å². The van der Waals surface area contributed by atoms with Crippen LogP contribution in [-0.2, 0) is 0 Å². The van der Waals surface area contributed by atoms with Crippen LogP contribution in [0, 0.1) is 6.92 Å². The highest BCUT2D eigenvalue weighted by Crippen LogP contribution is 2.31. The highest BCUT2D eigenvalue weighted by molar-refractivity contribution is 6.33. The van der Waals surface area contributed by atoms with Crippen LogP contribution in [-0.4, -0.2) is 4.57 Å². The first-order valence-corrected chi connectivity index (χ1v) is 6.64. The van der Waals surface area contributed by atoms with Crippen molar-refractivity contribution in [1.82, 2.24) is 4.57 Å². The summed E-state index contributed by atoms with van der Waals surface area (Å²) < 4.78 is 2.22. The van der Waals surface area contributed by atoms with Gasteiger partial charge in [-0.25, -0.2) is 0 Å². The molecule has 0 aliphatic carbocycles. The Morgan fingerprint density at radius 2 is 1.47 bits per heavy atom. The van der Waals surface area contributed by atoms with Crippen molar-refractivity contribution in [2.75, 3.05) is 0 Å². The molecular formula is C17H14ClN. The van der Waals surface area contributed by atoms with Crippen molar-refractivity contribution in [2.45, 2.75) is 6.92 Å². The van der Waals surface area contributed by atoms with Crippen LogP contribution < -0.4 is 0 Å². The van der Waals surface area contributed by atoms with Crippen LogP contribution in [0.15, 0.2) is 66.7 Å². The third-order valence-corrected chi connectivity index (χ3v) is 3.57. The molecule has 1 heterocycles. The Morgan fingerprint density at radius 1 is 0.789 bits per heavy atom. The molecule has 0 N–H and O–H groups in total. The van der Waals surface area contributed by atoms with Crippen molar-refractivity contribution in [3.8, 4) is 16.9 Å². The summed E-state index contributed by atoms with van der Waals surface area (Å²) in [5.41, 5.74) is 4.52. The van der Waals surface area contributed by atoms with Crippen LogP contribution in [0.1, 0.15) is 5.69 Å². The summed E-state index contributed by atoms with van der Waals surface area (Å²) >= 11 is 6.31. The fourth-order valence-electron chi connectivity index (χ4n) is 2.34. The Morgan fingerprint density at radius 3 is 2.21 bits per heavy atom. The molecule has 0 saturated heterocycles. The lowest BCUT2D eigenvalue weighted by molar-refractivity contribution is 1.02. The Hall–Kier alpha value is -1.99. The quantitative estimate of drug-likeness (QED) is 0.608. The van der Waals surface area contributed by atoms with E-state index in [1.807, 2.05) is 36.4 Å². The van der Waals surface area contributed by atoms with Gasteiger partial charge in [0.15, 0.2) is 0 Å². The van der Waals surface area contributed by atoms with Gasteiger partial charge in [0.25, 0.3) is 0 Å². The van der Waals surface area contributed by atoms with Gasteiger partial charge in [0, 0.05) is 22.0 Å². The lowest BCUT2D eigenvalue weighted by Gasteiger charge is -2.12. The fourth-order valence-corrected chi connectivity index (χ4v) is 2.57. The summed E-state index contributed by atoms with van der Waals surface area (Å²) in [7, 11) is 0. The molecule has 0 bridgehead atoms. The zero-order valence-corrected chi connectivity index (χ0v) is 11.4. The second kappa shape index (κ2) is 4.94. The predicted molar refractivity (Wildman–Crippen MR) is 81.0 cm³/mol. The van der Waals surface area contributed by atoms with E-state index >= 15 is 0 Å². The summed E-state index contributed by atoms with van der Waals surface area (Å²) in [5.74, 6) is 0. The number of rotatable bonds is 2. The van der Waals surface area contributed by atoms with E-state index in [4.69, 9.17) is 11.6 Å². The highest BCUT2D eigenvalue weighted by Gasteiger charge is 2.11. The zero-order chi connectivity index (χ0) is 13.2. The normalized spacial score (nSPS) is 10.6. The Kier molecular flexibility index (Phi) is 3.14. The summed E-state index contributed by atoms with van der Waals surface area (Å²) in [6.45, 7) is 2.10. The Balaban J connectivity index is 2.23. The molecule has 0 amide bonds.